The molecule has 0 aliphatic heterocycles. The van der Waals surface area contributed by atoms with Crippen LogP contribution in [0.5, 0.6) is 0 Å². The standard InChI is InChI=1S/C28H42N6O/c1-7-12-24(26-30-31-32-34(26)28(5,6)8-2)33(23-13-10-9-11-14-23)18-22-17-21-16-19(3)15-20(4)25(21)29-27(22)35/h15-17,23-24H,7-14,18H2,1-6H3,(H,29,35)/t24-/m0/s1. The number of nitrogens with one attached hydrogen (secondary N) is 1. The van der Waals surface area contributed by atoms with Crippen molar-refractivity contribution in [1.29, 1.82) is 0 Å². The lowest BCUT2D eigenvalue weighted by Gasteiger charge is -2.40. The van der Waals surface area contributed by atoms with Crippen LogP contribution in [0.4, 0.5) is 0 Å². The van der Waals surface area contributed by atoms with Crippen molar-refractivity contribution >= 4 is 10.9 Å². The maximum absolute atomic E-state index is 13.3. The quantitative estimate of drug-likeness (QED) is 0.411. The van der Waals surface area contributed by atoms with Crippen molar-refractivity contribution in [2.24, 2.45) is 0 Å². The fraction of sp³-hybridized carbons (Fsp3) is 0.643. The first-order valence-corrected chi connectivity index (χ1v) is 13.4. The van der Waals surface area contributed by atoms with Gasteiger partial charge in [-0.1, -0.05) is 51.2 Å². The Kier molecular flexibility index (Phi) is 7.74. The molecule has 1 aliphatic carbocycles. The molecular weight excluding hydrogens is 436 g/mol. The van der Waals surface area contributed by atoms with Crippen LogP contribution in [0, 0.1) is 13.8 Å². The van der Waals surface area contributed by atoms with Crippen LogP contribution in [0.1, 0.15) is 108 Å². The van der Waals surface area contributed by atoms with Gasteiger partial charge in [-0.2, -0.15) is 0 Å². The van der Waals surface area contributed by atoms with Crippen molar-refractivity contribution in [2.45, 2.75) is 117 Å². The average molecular weight is 479 g/mol. The third-order valence-corrected chi connectivity index (χ3v) is 7.96. The minimum absolute atomic E-state index is 0.00832. The van der Waals surface area contributed by atoms with Gasteiger partial charge in [0.2, 0.25) is 0 Å². The zero-order chi connectivity index (χ0) is 25.2. The van der Waals surface area contributed by atoms with Gasteiger partial charge in [-0.3, -0.25) is 9.69 Å². The molecule has 0 radical (unpaired) electrons. The van der Waals surface area contributed by atoms with Crippen LogP contribution in [0.2, 0.25) is 0 Å². The fourth-order valence-electron chi connectivity index (χ4n) is 5.65. The number of H-pyrrole nitrogens is 1. The van der Waals surface area contributed by atoms with Gasteiger partial charge in [-0.25, -0.2) is 4.68 Å². The number of nitrogens with zero attached hydrogens (tertiary/aromatic N) is 5. The molecule has 2 aromatic heterocycles. The Bertz CT molecular complexity index is 1200. The predicted octanol–water partition coefficient (Wildman–Crippen LogP) is 5.95. The summed E-state index contributed by atoms with van der Waals surface area (Å²) in [5.41, 5.74) is 3.92. The maximum atomic E-state index is 13.3. The molecule has 4 rings (SSSR count). The van der Waals surface area contributed by atoms with Crippen molar-refractivity contribution < 1.29 is 0 Å². The molecular formula is C28H42N6O. The summed E-state index contributed by atoms with van der Waals surface area (Å²) in [6, 6.07) is 6.88. The summed E-state index contributed by atoms with van der Waals surface area (Å²) in [5, 5.41) is 14.2. The number of rotatable bonds is 9. The molecule has 190 valence electrons. The molecule has 0 spiro atoms. The summed E-state index contributed by atoms with van der Waals surface area (Å²) >= 11 is 0. The van der Waals surface area contributed by atoms with E-state index in [1.165, 1.54) is 24.8 Å². The Morgan fingerprint density at radius 2 is 1.89 bits per heavy atom. The van der Waals surface area contributed by atoms with Crippen LogP contribution in [-0.4, -0.2) is 36.1 Å². The Labute approximate surface area is 209 Å². The van der Waals surface area contributed by atoms with Gasteiger partial charge in [0, 0.05) is 18.2 Å². The van der Waals surface area contributed by atoms with E-state index in [0.717, 1.165) is 60.0 Å². The molecule has 1 saturated carbocycles. The van der Waals surface area contributed by atoms with Crippen LogP contribution < -0.4 is 5.56 Å². The summed E-state index contributed by atoms with van der Waals surface area (Å²) in [7, 11) is 0. The van der Waals surface area contributed by atoms with Crippen molar-refractivity contribution in [3.8, 4) is 0 Å². The topological polar surface area (TPSA) is 79.7 Å². The summed E-state index contributed by atoms with van der Waals surface area (Å²) < 4.78 is 2.03. The molecule has 1 aromatic carbocycles. The molecule has 1 aliphatic rings. The zero-order valence-corrected chi connectivity index (χ0v) is 22.4. The van der Waals surface area contributed by atoms with Gasteiger partial charge in [-0.15, -0.1) is 5.10 Å². The molecule has 3 aromatic rings. The third kappa shape index (κ3) is 5.35. The second-order valence-electron chi connectivity index (χ2n) is 11.1. The van der Waals surface area contributed by atoms with E-state index >= 15 is 0 Å². The Hall–Kier alpha value is -2.54. The molecule has 0 saturated heterocycles. The molecule has 35 heavy (non-hydrogen) atoms. The number of tetrazole rings is 1. The SMILES string of the molecule is CCC[C@@H](c1nnnn1C(C)(C)CC)N(Cc1cc2cc(C)cc(C)c2[nH]c1=O)C1CCCCC1. The number of hydrogen-bond donors (Lipinski definition) is 1. The Morgan fingerprint density at radius 3 is 2.57 bits per heavy atom. The van der Waals surface area contributed by atoms with Crippen LogP contribution in [0.3, 0.4) is 0 Å². The predicted molar refractivity (Wildman–Crippen MR) is 142 cm³/mol. The number of aryl methyl sites for hydroxylation is 2. The van der Waals surface area contributed by atoms with E-state index in [2.05, 4.69) is 85.2 Å². The highest BCUT2D eigenvalue weighted by Crippen LogP contribution is 2.35. The lowest BCUT2D eigenvalue weighted by Crippen LogP contribution is -2.42. The summed E-state index contributed by atoms with van der Waals surface area (Å²) in [4.78, 5) is 19.0. The van der Waals surface area contributed by atoms with Gasteiger partial charge in [0.15, 0.2) is 5.82 Å². The summed E-state index contributed by atoms with van der Waals surface area (Å²) in [5.74, 6) is 0.924. The number of benzene rings is 1. The lowest BCUT2D eigenvalue weighted by molar-refractivity contribution is 0.0770. The first kappa shape index (κ1) is 25.5. The Morgan fingerprint density at radius 1 is 1.14 bits per heavy atom. The second kappa shape index (κ2) is 10.6. The number of aromatic nitrogens is 5. The third-order valence-electron chi connectivity index (χ3n) is 7.96. The highest BCUT2D eigenvalue weighted by molar-refractivity contribution is 5.82. The highest BCUT2D eigenvalue weighted by Gasteiger charge is 2.35. The first-order valence-electron chi connectivity index (χ1n) is 13.4. The molecule has 1 N–H and O–H groups in total. The van der Waals surface area contributed by atoms with Gasteiger partial charge in [0.25, 0.3) is 5.56 Å². The fourth-order valence-corrected chi connectivity index (χ4v) is 5.65. The van der Waals surface area contributed by atoms with E-state index in [4.69, 9.17) is 0 Å². The number of hydrogen-bond acceptors (Lipinski definition) is 5. The summed E-state index contributed by atoms with van der Waals surface area (Å²) in [6.07, 6.45) is 9.00. The van der Waals surface area contributed by atoms with Crippen molar-refractivity contribution in [3.05, 3.63) is 51.1 Å². The van der Waals surface area contributed by atoms with E-state index < -0.39 is 0 Å². The van der Waals surface area contributed by atoms with Crippen LogP contribution in [-0.2, 0) is 12.1 Å². The van der Waals surface area contributed by atoms with Gasteiger partial charge >= 0.3 is 0 Å². The van der Waals surface area contributed by atoms with Crippen molar-refractivity contribution in [1.82, 2.24) is 30.1 Å². The molecule has 1 atom stereocenters. The van der Waals surface area contributed by atoms with Gasteiger partial charge in [0.1, 0.15) is 0 Å². The van der Waals surface area contributed by atoms with Gasteiger partial charge in [0.05, 0.1) is 17.1 Å². The number of aromatic amines is 1. The maximum Gasteiger partial charge on any atom is 0.252 e. The van der Waals surface area contributed by atoms with Gasteiger partial charge in [-0.05, 0) is 86.9 Å². The molecule has 2 heterocycles. The van der Waals surface area contributed by atoms with Crippen LogP contribution in [0.25, 0.3) is 10.9 Å². The molecule has 0 unspecified atom stereocenters. The minimum Gasteiger partial charge on any atom is -0.321 e. The van der Waals surface area contributed by atoms with E-state index in [-0.39, 0.29) is 17.1 Å². The monoisotopic (exact) mass is 478 g/mol. The second-order valence-corrected chi connectivity index (χ2v) is 11.1. The highest BCUT2D eigenvalue weighted by atomic mass is 16.1. The van der Waals surface area contributed by atoms with E-state index in [0.29, 0.717) is 12.6 Å². The molecule has 7 nitrogen and oxygen atoms in total. The normalized spacial score (nSPS) is 16.3. The van der Waals surface area contributed by atoms with E-state index in [9.17, 15) is 4.79 Å². The van der Waals surface area contributed by atoms with E-state index in [1.54, 1.807) is 0 Å². The zero-order valence-electron chi connectivity index (χ0n) is 22.4. The molecule has 0 amide bonds. The van der Waals surface area contributed by atoms with Crippen LogP contribution >= 0.6 is 0 Å². The summed E-state index contributed by atoms with van der Waals surface area (Å²) in [6.45, 7) is 13.6. The lowest BCUT2D eigenvalue weighted by atomic mass is 9.91. The van der Waals surface area contributed by atoms with Gasteiger partial charge < -0.3 is 4.98 Å². The largest absolute Gasteiger partial charge is 0.321 e. The van der Waals surface area contributed by atoms with Crippen LogP contribution in [0.15, 0.2) is 23.0 Å². The van der Waals surface area contributed by atoms with E-state index in [1.807, 2.05) is 4.68 Å². The number of fused-ring (bicyclic) bond motifs is 1. The van der Waals surface area contributed by atoms with Crippen molar-refractivity contribution in [2.75, 3.05) is 0 Å². The smallest absolute Gasteiger partial charge is 0.252 e. The molecule has 7 heteroatoms. The van der Waals surface area contributed by atoms with Crippen molar-refractivity contribution in [3.63, 3.8) is 0 Å². The molecule has 0 bridgehead atoms. The first-order chi connectivity index (χ1) is 16.7. The number of pyridine rings is 1. The molecule has 1 fully saturated rings. The minimum atomic E-state index is -0.168. The Balaban J connectivity index is 1.80. The average Bonchev–Trinajstić information content (AvgIpc) is 3.33.